The van der Waals surface area contributed by atoms with Crippen molar-refractivity contribution in [1.82, 2.24) is 4.57 Å². The van der Waals surface area contributed by atoms with Gasteiger partial charge in [-0.2, -0.15) is 0 Å². The van der Waals surface area contributed by atoms with Crippen molar-refractivity contribution in [1.29, 1.82) is 0 Å². The van der Waals surface area contributed by atoms with Gasteiger partial charge in [-0.05, 0) is 35.9 Å². The molecule has 1 amide bonds. The maximum Gasteiger partial charge on any atom is 0.257 e. The van der Waals surface area contributed by atoms with Gasteiger partial charge in [0, 0.05) is 18.0 Å². The summed E-state index contributed by atoms with van der Waals surface area (Å²) in [6, 6.07) is 19.6. The Labute approximate surface area is 145 Å². The van der Waals surface area contributed by atoms with Crippen LogP contribution in [0, 0.1) is 0 Å². The van der Waals surface area contributed by atoms with Crippen molar-refractivity contribution in [3.63, 3.8) is 0 Å². The molecule has 0 radical (unpaired) electrons. The molecular formula is C20H18N2O3. The number of ether oxygens (including phenoxy) is 1. The number of carbonyl (C=O) groups excluding carboxylic acids is 1. The highest BCUT2D eigenvalue weighted by Crippen LogP contribution is 2.13. The summed E-state index contributed by atoms with van der Waals surface area (Å²) >= 11 is 0. The van der Waals surface area contributed by atoms with E-state index in [0.29, 0.717) is 17.8 Å². The van der Waals surface area contributed by atoms with E-state index in [9.17, 15) is 9.59 Å². The first-order valence-electron chi connectivity index (χ1n) is 7.85. The molecule has 1 N–H and O–H groups in total. The molecule has 0 bridgehead atoms. The highest BCUT2D eigenvalue weighted by molar-refractivity contribution is 6.04. The van der Waals surface area contributed by atoms with Gasteiger partial charge in [0.1, 0.15) is 5.75 Å². The van der Waals surface area contributed by atoms with E-state index in [4.69, 9.17) is 4.74 Å². The largest absolute Gasteiger partial charge is 0.497 e. The standard InChI is InChI=1S/C20H18N2O3/c1-25-18-9-5-6-15(12-18)13-22-14-16(10-11-19(22)23)20(24)21-17-7-3-2-4-8-17/h2-12,14H,13H2,1H3,(H,21,24). The minimum absolute atomic E-state index is 0.168. The van der Waals surface area contributed by atoms with E-state index < -0.39 is 0 Å². The number of nitrogens with zero attached hydrogens (tertiary/aromatic N) is 1. The SMILES string of the molecule is COc1cccc(Cn2cc(C(=O)Nc3ccccc3)ccc2=O)c1. The first-order valence-corrected chi connectivity index (χ1v) is 7.85. The summed E-state index contributed by atoms with van der Waals surface area (Å²) in [5.74, 6) is 0.467. The van der Waals surface area contributed by atoms with Crippen molar-refractivity contribution in [2.75, 3.05) is 12.4 Å². The predicted octanol–water partition coefficient (Wildman–Crippen LogP) is 3.16. The van der Waals surface area contributed by atoms with Crippen molar-refractivity contribution in [2.45, 2.75) is 6.54 Å². The van der Waals surface area contributed by atoms with Crippen molar-refractivity contribution in [2.24, 2.45) is 0 Å². The fraction of sp³-hybridized carbons (Fsp3) is 0.100. The van der Waals surface area contributed by atoms with Gasteiger partial charge in [0.05, 0.1) is 19.2 Å². The highest BCUT2D eigenvalue weighted by atomic mass is 16.5. The maximum atomic E-state index is 12.4. The summed E-state index contributed by atoms with van der Waals surface area (Å²) < 4.78 is 6.71. The zero-order valence-electron chi connectivity index (χ0n) is 13.8. The van der Waals surface area contributed by atoms with Gasteiger partial charge in [-0.25, -0.2) is 0 Å². The van der Waals surface area contributed by atoms with Crippen LogP contribution in [0.2, 0.25) is 0 Å². The molecule has 0 saturated carbocycles. The smallest absolute Gasteiger partial charge is 0.257 e. The first-order chi connectivity index (χ1) is 12.2. The van der Waals surface area contributed by atoms with Crippen LogP contribution in [0.3, 0.4) is 0 Å². The lowest BCUT2D eigenvalue weighted by Gasteiger charge is -2.10. The zero-order valence-corrected chi connectivity index (χ0v) is 13.8. The van der Waals surface area contributed by atoms with Crippen molar-refractivity contribution in [3.05, 3.63) is 94.4 Å². The van der Waals surface area contributed by atoms with Gasteiger partial charge in [0.15, 0.2) is 0 Å². The van der Waals surface area contributed by atoms with Gasteiger partial charge in [-0.1, -0.05) is 30.3 Å². The van der Waals surface area contributed by atoms with Crippen molar-refractivity contribution >= 4 is 11.6 Å². The predicted molar refractivity (Wildman–Crippen MR) is 97.2 cm³/mol. The minimum Gasteiger partial charge on any atom is -0.497 e. The number of aromatic nitrogens is 1. The number of methoxy groups -OCH3 is 1. The Morgan fingerprint density at radius 2 is 1.84 bits per heavy atom. The lowest BCUT2D eigenvalue weighted by Crippen LogP contribution is -2.22. The molecule has 0 atom stereocenters. The molecule has 25 heavy (non-hydrogen) atoms. The van der Waals surface area contributed by atoms with Gasteiger partial charge in [0.25, 0.3) is 11.5 Å². The molecule has 0 fully saturated rings. The Hall–Kier alpha value is -3.34. The number of carbonyl (C=O) groups is 1. The summed E-state index contributed by atoms with van der Waals surface area (Å²) in [5, 5.41) is 2.81. The van der Waals surface area contributed by atoms with Crippen LogP contribution >= 0.6 is 0 Å². The molecule has 126 valence electrons. The molecule has 5 heteroatoms. The minimum atomic E-state index is -0.259. The Balaban J connectivity index is 1.82. The second-order valence-electron chi connectivity index (χ2n) is 5.56. The summed E-state index contributed by atoms with van der Waals surface area (Å²) in [6.07, 6.45) is 1.57. The topological polar surface area (TPSA) is 60.3 Å². The average Bonchev–Trinajstić information content (AvgIpc) is 2.64. The van der Waals surface area contributed by atoms with Crippen LogP contribution in [-0.4, -0.2) is 17.6 Å². The maximum absolute atomic E-state index is 12.4. The third-order valence-corrected chi connectivity index (χ3v) is 3.76. The first kappa shape index (κ1) is 16.5. The molecule has 3 rings (SSSR count). The summed E-state index contributed by atoms with van der Waals surface area (Å²) in [6.45, 7) is 0.364. The molecule has 1 aromatic heterocycles. The lowest BCUT2D eigenvalue weighted by molar-refractivity contribution is 0.102. The third-order valence-electron chi connectivity index (χ3n) is 3.76. The van der Waals surface area contributed by atoms with E-state index in [1.54, 1.807) is 13.3 Å². The Kier molecular flexibility index (Phi) is 4.95. The molecule has 3 aromatic rings. The summed E-state index contributed by atoms with van der Waals surface area (Å²) in [7, 11) is 1.60. The monoisotopic (exact) mass is 334 g/mol. The zero-order chi connectivity index (χ0) is 17.6. The second kappa shape index (κ2) is 7.49. The Morgan fingerprint density at radius 1 is 1.04 bits per heavy atom. The number of hydrogen-bond acceptors (Lipinski definition) is 3. The van der Waals surface area contributed by atoms with Crippen molar-refractivity contribution < 1.29 is 9.53 Å². The van der Waals surface area contributed by atoms with Crippen LogP contribution in [-0.2, 0) is 6.54 Å². The fourth-order valence-corrected chi connectivity index (χ4v) is 2.48. The van der Waals surface area contributed by atoms with Gasteiger partial charge < -0.3 is 14.6 Å². The number of anilines is 1. The van der Waals surface area contributed by atoms with E-state index in [1.807, 2.05) is 54.6 Å². The normalized spacial score (nSPS) is 10.3. The molecule has 0 aliphatic carbocycles. The molecule has 5 nitrogen and oxygen atoms in total. The highest BCUT2D eigenvalue weighted by Gasteiger charge is 2.08. The quantitative estimate of drug-likeness (QED) is 0.780. The Morgan fingerprint density at radius 3 is 2.60 bits per heavy atom. The van der Waals surface area contributed by atoms with Crippen LogP contribution in [0.5, 0.6) is 5.75 Å². The number of hydrogen-bond donors (Lipinski definition) is 1. The van der Waals surface area contributed by atoms with Crippen LogP contribution in [0.25, 0.3) is 0 Å². The van der Waals surface area contributed by atoms with Gasteiger partial charge in [0.2, 0.25) is 0 Å². The van der Waals surface area contributed by atoms with Crippen LogP contribution in [0.15, 0.2) is 77.7 Å². The second-order valence-corrected chi connectivity index (χ2v) is 5.56. The Bertz CT molecular complexity index is 933. The summed E-state index contributed by atoms with van der Waals surface area (Å²) in [5.41, 5.74) is 1.88. The van der Waals surface area contributed by atoms with E-state index in [2.05, 4.69) is 5.32 Å². The number of nitrogens with one attached hydrogen (secondary N) is 1. The van der Waals surface area contributed by atoms with Gasteiger partial charge in [-0.3, -0.25) is 9.59 Å². The van der Waals surface area contributed by atoms with E-state index >= 15 is 0 Å². The van der Waals surface area contributed by atoms with Gasteiger partial charge >= 0.3 is 0 Å². The van der Waals surface area contributed by atoms with Crippen molar-refractivity contribution in [3.8, 4) is 5.75 Å². The number of amides is 1. The fourth-order valence-electron chi connectivity index (χ4n) is 2.48. The number of rotatable bonds is 5. The molecule has 0 unspecified atom stereocenters. The molecule has 2 aromatic carbocycles. The molecule has 0 spiro atoms. The summed E-state index contributed by atoms with van der Waals surface area (Å²) in [4.78, 5) is 24.5. The average molecular weight is 334 g/mol. The number of benzene rings is 2. The number of pyridine rings is 1. The third kappa shape index (κ3) is 4.14. The lowest BCUT2D eigenvalue weighted by atomic mass is 10.2. The molecule has 0 saturated heterocycles. The van der Waals surface area contributed by atoms with Crippen LogP contribution < -0.4 is 15.6 Å². The van der Waals surface area contributed by atoms with E-state index in [1.165, 1.54) is 16.7 Å². The molecule has 1 heterocycles. The molecule has 0 aliphatic rings. The number of para-hydroxylation sites is 1. The van der Waals surface area contributed by atoms with E-state index in [-0.39, 0.29) is 11.5 Å². The molecule has 0 aliphatic heterocycles. The van der Waals surface area contributed by atoms with Gasteiger partial charge in [-0.15, -0.1) is 0 Å². The van der Waals surface area contributed by atoms with Crippen LogP contribution in [0.1, 0.15) is 15.9 Å². The molecular weight excluding hydrogens is 316 g/mol. The van der Waals surface area contributed by atoms with E-state index in [0.717, 1.165) is 11.3 Å². The van der Waals surface area contributed by atoms with Crippen LogP contribution in [0.4, 0.5) is 5.69 Å².